The number of carbonyl (C=O) groups is 1. The second-order valence-electron chi connectivity index (χ2n) is 4.16. The SMILES string of the molecule is COC(=O)c1cc(N(C)c2cccc(F)c2)ncc1N. The van der Waals surface area contributed by atoms with E-state index in [0.29, 0.717) is 11.5 Å². The van der Waals surface area contributed by atoms with Gasteiger partial charge < -0.3 is 15.4 Å². The standard InChI is InChI=1S/C14H14FN3O2/c1-18(10-5-3-4-9(15)6-10)13-7-11(14(19)20-2)12(16)8-17-13/h3-8H,16H2,1-2H3. The molecule has 1 aromatic carbocycles. The van der Waals surface area contributed by atoms with Crippen LogP contribution in [0.15, 0.2) is 36.5 Å². The van der Waals surface area contributed by atoms with Crippen molar-refractivity contribution in [3.05, 3.63) is 47.9 Å². The highest BCUT2D eigenvalue weighted by molar-refractivity contribution is 5.95. The molecule has 6 heteroatoms. The number of aromatic nitrogens is 1. The second-order valence-corrected chi connectivity index (χ2v) is 4.16. The van der Waals surface area contributed by atoms with Crippen LogP contribution in [0.1, 0.15) is 10.4 Å². The number of hydrogen-bond acceptors (Lipinski definition) is 5. The zero-order valence-corrected chi connectivity index (χ0v) is 11.1. The molecule has 104 valence electrons. The Hall–Kier alpha value is -2.63. The van der Waals surface area contributed by atoms with Gasteiger partial charge in [-0.15, -0.1) is 0 Å². The predicted octanol–water partition coefficient (Wildman–Crippen LogP) is 2.36. The van der Waals surface area contributed by atoms with Gasteiger partial charge in [0.05, 0.1) is 24.6 Å². The molecule has 2 rings (SSSR count). The maximum absolute atomic E-state index is 13.2. The highest BCUT2D eigenvalue weighted by atomic mass is 19.1. The van der Waals surface area contributed by atoms with Crippen molar-refractivity contribution in [2.24, 2.45) is 0 Å². The Balaban J connectivity index is 2.40. The number of halogens is 1. The molecule has 5 nitrogen and oxygen atoms in total. The van der Waals surface area contributed by atoms with Gasteiger partial charge in [0.25, 0.3) is 0 Å². The number of methoxy groups -OCH3 is 1. The van der Waals surface area contributed by atoms with Gasteiger partial charge in [0.1, 0.15) is 11.6 Å². The van der Waals surface area contributed by atoms with Gasteiger partial charge in [0.2, 0.25) is 0 Å². The minimum atomic E-state index is -0.543. The van der Waals surface area contributed by atoms with E-state index in [2.05, 4.69) is 9.72 Å². The van der Waals surface area contributed by atoms with Gasteiger partial charge in [0.15, 0.2) is 0 Å². The second kappa shape index (κ2) is 5.56. The quantitative estimate of drug-likeness (QED) is 0.871. The fourth-order valence-corrected chi connectivity index (χ4v) is 1.74. The third kappa shape index (κ3) is 2.69. The molecule has 0 atom stereocenters. The van der Waals surface area contributed by atoms with Crippen LogP contribution < -0.4 is 10.6 Å². The van der Waals surface area contributed by atoms with Crippen LogP contribution in [-0.2, 0) is 4.74 Å². The summed E-state index contributed by atoms with van der Waals surface area (Å²) in [6.45, 7) is 0. The number of nitrogens with zero attached hydrogens (tertiary/aromatic N) is 2. The van der Waals surface area contributed by atoms with Crippen molar-refractivity contribution in [1.29, 1.82) is 0 Å². The molecule has 0 saturated carbocycles. The number of ether oxygens (including phenoxy) is 1. The molecule has 0 aliphatic heterocycles. The lowest BCUT2D eigenvalue weighted by molar-refractivity contribution is 0.0602. The molecule has 0 radical (unpaired) electrons. The molecule has 0 fully saturated rings. The molecule has 0 bridgehead atoms. The first-order chi connectivity index (χ1) is 9.52. The minimum absolute atomic E-state index is 0.223. The number of anilines is 3. The molecule has 2 aromatic rings. The first kappa shape index (κ1) is 13.8. The van der Waals surface area contributed by atoms with Crippen molar-refractivity contribution in [1.82, 2.24) is 4.98 Å². The van der Waals surface area contributed by atoms with E-state index >= 15 is 0 Å². The molecule has 1 aromatic heterocycles. The van der Waals surface area contributed by atoms with Gasteiger partial charge in [-0.1, -0.05) is 6.07 Å². The van der Waals surface area contributed by atoms with Crippen LogP contribution in [0, 0.1) is 5.82 Å². The van der Waals surface area contributed by atoms with E-state index < -0.39 is 5.97 Å². The van der Waals surface area contributed by atoms with Crippen molar-refractivity contribution >= 4 is 23.2 Å². The number of rotatable bonds is 3. The molecule has 0 saturated heterocycles. The normalized spacial score (nSPS) is 10.2. The molecule has 0 aliphatic carbocycles. The van der Waals surface area contributed by atoms with Gasteiger partial charge in [-0.3, -0.25) is 0 Å². The first-order valence-electron chi connectivity index (χ1n) is 5.86. The smallest absolute Gasteiger partial charge is 0.340 e. The number of benzene rings is 1. The van der Waals surface area contributed by atoms with Crippen LogP contribution in [0.5, 0.6) is 0 Å². The Labute approximate surface area is 115 Å². The fraction of sp³-hybridized carbons (Fsp3) is 0.143. The number of carbonyl (C=O) groups excluding carboxylic acids is 1. The van der Waals surface area contributed by atoms with Crippen LogP contribution in [0.3, 0.4) is 0 Å². The van der Waals surface area contributed by atoms with E-state index in [1.165, 1.54) is 31.5 Å². The van der Waals surface area contributed by atoms with E-state index in [1.54, 1.807) is 24.1 Å². The van der Waals surface area contributed by atoms with Gasteiger partial charge >= 0.3 is 5.97 Å². The van der Waals surface area contributed by atoms with E-state index in [-0.39, 0.29) is 17.1 Å². The maximum atomic E-state index is 13.2. The van der Waals surface area contributed by atoms with Gasteiger partial charge in [-0.05, 0) is 24.3 Å². The maximum Gasteiger partial charge on any atom is 0.340 e. The summed E-state index contributed by atoms with van der Waals surface area (Å²) < 4.78 is 17.9. The zero-order chi connectivity index (χ0) is 14.7. The molecule has 1 heterocycles. The van der Waals surface area contributed by atoms with Crippen LogP contribution in [-0.4, -0.2) is 25.1 Å². The van der Waals surface area contributed by atoms with Gasteiger partial charge in [0, 0.05) is 12.7 Å². The van der Waals surface area contributed by atoms with E-state index in [0.717, 1.165) is 0 Å². The molecule has 0 aliphatic rings. The van der Waals surface area contributed by atoms with Crippen LogP contribution in [0.25, 0.3) is 0 Å². The molecule has 20 heavy (non-hydrogen) atoms. The summed E-state index contributed by atoms with van der Waals surface area (Å²) >= 11 is 0. The van der Waals surface area contributed by atoms with Crippen LogP contribution in [0.2, 0.25) is 0 Å². The number of nitrogen functional groups attached to an aromatic ring is 1. The van der Waals surface area contributed by atoms with Crippen molar-refractivity contribution in [3.63, 3.8) is 0 Å². The highest BCUT2D eigenvalue weighted by Crippen LogP contribution is 2.25. The van der Waals surface area contributed by atoms with Crippen molar-refractivity contribution in [3.8, 4) is 0 Å². The lowest BCUT2D eigenvalue weighted by atomic mass is 10.2. The number of esters is 1. The Morgan fingerprint density at radius 1 is 1.40 bits per heavy atom. The largest absolute Gasteiger partial charge is 0.465 e. The van der Waals surface area contributed by atoms with Crippen molar-refractivity contribution in [2.45, 2.75) is 0 Å². The lowest BCUT2D eigenvalue weighted by Gasteiger charge is -2.19. The zero-order valence-electron chi connectivity index (χ0n) is 11.1. The summed E-state index contributed by atoms with van der Waals surface area (Å²) in [6.07, 6.45) is 1.37. The fourth-order valence-electron chi connectivity index (χ4n) is 1.74. The highest BCUT2D eigenvalue weighted by Gasteiger charge is 2.14. The monoisotopic (exact) mass is 275 g/mol. The molecule has 0 amide bonds. The average Bonchev–Trinajstić information content (AvgIpc) is 2.46. The Bertz CT molecular complexity index is 646. The summed E-state index contributed by atoms with van der Waals surface area (Å²) in [5, 5.41) is 0. The summed E-state index contributed by atoms with van der Waals surface area (Å²) in [7, 11) is 2.99. The summed E-state index contributed by atoms with van der Waals surface area (Å²) in [4.78, 5) is 17.4. The topological polar surface area (TPSA) is 68.5 Å². The molecule has 0 spiro atoms. The number of pyridine rings is 1. The number of nitrogens with two attached hydrogens (primary N) is 1. The van der Waals surface area contributed by atoms with E-state index in [4.69, 9.17) is 5.73 Å². The summed E-state index contributed by atoms with van der Waals surface area (Å²) in [6, 6.07) is 7.56. The Morgan fingerprint density at radius 3 is 2.80 bits per heavy atom. The Morgan fingerprint density at radius 2 is 2.15 bits per heavy atom. The van der Waals surface area contributed by atoms with Crippen LogP contribution >= 0.6 is 0 Å². The molecular weight excluding hydrogens is 261 g/mol. The first-order valence-corrected chi connectivity index (χ1v) is 5.86. The molecule has 2 N–H and O–H groups in total. The third-order valence-electron chi connectivity index (χ3n) is 2.86. The third-order valence-corrected chi connectivity index (χ3v) is 2.86. The van der Waals surface area contributed by atoms with E-state index in [9.17, 15) is 9.18 Å². The molecule has 0 unspecified atom stereocenters. The molecular formula is C14H14FN3O2. The average molecular weight is 275 g/mol. The predicted molar refractivity (Wildman–Crippen MR) is 74.5 cm³/mol. The van der Waals surface area contributed by atoms with Crippen molar-refractivity contribution in [2.75, 3.05) is 24.8 Å². The summed E-state index contributed by atoms with van der Waals surface area (Å²) in [5.41, 5.74) is 6.75. The van der Waals surface area contributed by atoms with Gasteiger partial charge in [-0.25, -0.2) is 14.2 Å². The summed E-state index contributed by atoms with van der Waals surface area (Å²) in [5.74, 6) is -0.429. The van der Waals surface area contributed by atoms with Gasteiger partial charge in [-0.2, -0.15) is 0 Å². The minimum Gasteiger partial charge on any atom is -0.465 e. The number of hydrogen-bond donors (Lipinski definition) is 1. The van der Waals surface area contributed by atoms with E-state index in [1.807, 2.05) is 0 Å². The lowest BCUT2D eigenvalue weighted by Crippen LogP contribution is -2.14. The van der Waals surface area contributed by atoms with Crippen LogP contribution in [0.4, 0.5) is 21.6 Å². The Kier molecular flexibility index (Phi) is 3.84. The van der Waals surface area contributed by atoms with Crippen molar-refractivity contribution < 1.29 is 13.9 Å².